The highest BCUT2D eigenvalue weighted by molar-refractivity contribution is 8.10. The van der Waals surface area contributed by atoms with Crippen molar-refractivity contribution in [2.24, 2.45) is 10.1 Å². The van der Waals surface area contributed by atoms with Gasteiger partial charge in [0.05, 0.1) is 5.55 Å². The Morgan fingerprint density at radius 2 is 2.60 bits per heavy atom. The van der Waals surface area contributed by atoms with Gasteiger partial charge < -0.3 is 0 Å². The van der Waals surface area contributed by atoms with Crippen molar-refractivity contribution in [1.82, 2.24) is 0 Å². The van der Waals surface area contributed by atoms with E-state index in [1.807, 2.05) is 0 Å². The van der Waals surface area contributed by atoms with Crippen molar-refractivity contribution < 1.29 is 0 Å². The van der Waals surface area contributed by atoms with Gasteiger partial charge in [0.1, 0.15) is 0 Å². The molecule has 0 aliphatic heterocycles. The van der Waals surface area contributed by atoms with Gasteiger partial charge in [-0.05, 0) is 11.9 Å². The third kappa shape index (κ3) is 3.98. The summed E-state index contributed by atoms with van der Waals surface area (Å²) in [6.07, 6.45) is 0. The van der Waals surface area contributed by atoms with Crippen molar-refractivity contribution in [3.8, 4) is 0 Å². The first-order valence-electron chi connectivity index (χ1n) is 1.18. The van der Waals surface area contributed by atoms with Crippen LogP contribution < -0.4 is 5.14 Å². The SMILES string of the molecule is C/N=C\SN. The van der Waals surface area contributed by atoms with Crippen LogP contribution in [0.2, 0.25) is 0 Å². The standard InChI is InChI=1S/C2H6N2S/c1-4-2-5-3/h2H,3H2,1H3/b4-2-. The smallest absolute Gasteiger partial charge is 0.0688 e. The summed E-state index contributed by atoms with van der Waals surface area (Å²) in [7, 11) is 1.68. The Kier molecular flexibility index (Phi) is 3.96. The lowest BCUT2D eigenvalue weighted by Gasteiger charge is -1.66. The molecule has 0 fully saturated rings. The number of rotatable bonds is 1. The molecule has 2 N–H and O–H groups in total. The van der Waals surface area contributed by atoms with Gasteiger partial charge in [-0.15, -0.1) is 0 Å². The van der Waals surface area contributed by atoms with Crippen molar-refractivity contribution in [2.45, 2.75) is 0 Å². The molecule has 5 heavy (non-hydrogen) atoms. The first kappa shape index (κ1) is 4.98. The second-order valence-corrected chi connectivity index (χ2v) is 0.983. The Balaban J connectivity index is 2.62. The number of hydrogen-bond donors (Lipinski definition) is 1. The molecular weight excluding hydrogens is 84.1 g/mol. The molecule has 0 radical (unpaired) electrons. The molecule has 0 aromatic rings. The molecule has 0 aliphatic carbocycles. The molecule has 0 heterocycles. The van der Waals surface area contributed by atoms with E-state index in [2.05, 4.69) is 4.99 Å². The highest BCUT2D eigenvalue weighted by Gasteiger charge is 1.52. The van der Waals surface area contributed by atoms with Gasteiger partial charge in [0.2, 0.25) is 0 Å². The van der Waals surface area contributed by atoms with Gasteiger partial charge >= 0.3 is 0 Å². The number of hydrogen-bond acceptors (Lipinski definition) is 3. The highest BCUT2D eigenvalue weighted by Crippen LogP contribution is 1.70. The molecule has 2 nitrogen and oxygen atoms in total. The largest absolute Gasteiger partial charge is 0.288 e. The van der Waals surface area contributed by atoms with Crippen LogP contribution in [0.15, 0.2) is 4.99 Å². The fourth-order valence-corrected chi connectivity index (χ4v) is 0.183. The molecule has 0 spiro atoms. The van der Waals surface area contributed by atoms with Crippen LogP contribution in [-0.2, 0) is 0 Å². The van der Waals surface area contributed by atoms with Gasteiger partial charge in [-0.25, -0.2) is 0 Å². The van der Waals surface area contributed by atoms with E-state index in [-0.39, 0.29) is 0 Å². The Morgan fingerprint density at radius 3 is 2.60 bits per heavy atom. The van der Waals surface area contributed by atoms with Gasteiger partial charge in [-0.3, -0.25) is 10.1 Å². The van der Waals surface area contributed by atoms with E-state index in [0.29, 0.717) is 0 Å². The molecular formula is C2H6N2S. The molecule has 0 unspecified atom stereocenters. The zero-order valence-corrected chi connectivity index (χ0v) is 3.83. The minimum absolute atomic E-state index is 1.11. The molecule has 30 valence electrons. The monoisotopic (exact) mass is 90.0 g/mol. The van der Waals surface area contributed by atoms with E-state index in [1.165, 1.54) is 0 Å². The maximum Gasteiger partial charge on any atom is 0.0688 e. The van der Waals surface area contributed by atoms with Crippen molar-refractivity contribution in [3.05, 3.63) is 0 Å². The molecule has 0 atom stereocenters. The maximum absolute atomic E-state index is 4.91. The quantitative estimate of drug-likeness (QED) is 0.285. The zero-order valence-electron chi connectivity index (χ0n) is 3.01. The van der Waals surface area contributed by atoms with Crippen LogP contribution in [0.1, 0.15) is 0 Å². The second kappa shape index (κ2) is 3.98. The first-order chi connectivity index (χ1) is 2.41. The van der Waals surface area contributed by atoms with Crippen LogP contribution in [0.5, 0.6) is 0 Å². The molecule has 0 aromatic heterocycles. The Morgan fingerprint density at radius 1 is 2.00 bits per heavy atom. The summed E-state index contributed by atoms with van der Waals surface area (Å²) in [6, 6.07) is 0. The van der Waals surface area contributed by atoms with E-state index in [0.717, 1.165) is 11.9 Å². The summed E-state index contributed by atoms with van der Waals surface area (Å²) in [6.45, 7) is 0. The summed E-state index contributed by atoms with van der Waals surface area (Å²) in [5.74, 6) is 0. The van der Waals surface area contributed by atoms with Crippen molar-refractivity contribution in [3.63, 3.8) is 0 Å². The first-order valence-corrected chi connectivity index (χ1v) is 2.12. The van der Waals surface area contributed by atoms with Gasteiger partial charge in [0, 0.05) is 7.05 Å². The molecule has 3 heteroatoms. The fourth-order valence-electron chi connectivity index (χ4n) is 0.0609. The van der Waals surface area contributed by atoms with Crippen LogP contribution in [0.3, 0.4) is 0 Å². The van der Waals surface area contributed by atoms with Crippen LogP contribution in [0.4, 0.5) is 0 Å². The lowest BCUT2D eigenvalue weighted by molar-refractivity contribution is 1.49. The van der Waals surface area contributed by atoms with E-state index < -0.39 is 0 Å². The fraction of sp³-hybridized carbons (Fsp3) is 0.500. The minimum atomic E-state index is 1.11. The van der Waals surface area contributed by atoms with Crippen molar-refractivity contribution >= 4 is 17.5 Å². The van der Waals surface area contributed by atoms with E-state index in [9.17, 15) is 0 Å². The third-order valence-corrected chi connectivity index (χ3v) is 0.499. The summed E-state index contributed by atoms with van der Waals surface area (Å²) in [4.78, 5) is 3.57. The molecule has 0 bridgehead atoms. The molecule has 0 saturated carbocycles. The predicted octanol–water partition coefficient (Wildman–Crippen LogP) is 0.251. The van der Waals surface area contributed by atoms with E-state index in [1.54, 1.807) is 12.6 Å². The Hall–Kier alpha value is -0.0200. The molecule has 0 aliphatic rings. The number of nitrogens with zero attached hydrogens (tertiary/aromatic N) is 1. The van der Waals surface area contributed by atoms with E-state index >= 15 is 0 Å². The average molecular weight is 90.2 g/mol. The summed E-state index contributed by atoms with van der Waals surface area (Å²) in [5.41, 5.74) is 1.57. The third-order valence-electron chi connectivity index (χ3n) is 0.166. The predicted molar refractivity (Wildman–Crippen MR) is 26.2 cm³/mol. The maximum atomic E-state index is 4.91. The van der Waals surface area contributed by atoms with E-state index in [4.69, 9.17) is 5.14 Å². The molecule has 0 saturated heterocycles. The van der Waals surface area contributed by atoms with Gasteiger partial charge in [0.15, 0.2) is 0 Å². The normalized spacial score (nSPS) is 10.0. The summed E-state index contributed by atoms with van der Waals surface area (Å²) < 4.78 is 0. The summed E-state index contributed by atoms with van der Waals surface area (Å²) >= 11 is 1.11. The topological polar surface area (TPSA) is 38.4 Å². The Bertz CT molecular complexity index is 34.6. The second-order valence-electron chi connectivity index (χ2n) is 0.500. The van der Waals surface area contributed by atoms with Crippen LogP contribution >= 0.6 is 11.9 Å². The van der Waals surface area contributed by atoms with Crippen molar-refractivity contribution in [2.75, 3.05) is 7.05 Å². The van der Waals surface area contributed by atoms with Gasteiger partial charge in [0.25, 0.3) is 0 Å². The molecule has 0 amide bonds. The highest BCUT2D eigenvalue weighted by atomic mass is 32.2. The number of aliphatic imine (C=N–C) groups is 1. The lowest BCUT2D eigenvalue weighted by atomic mass is 11.4. The Labute approximate surface area is 35.6 Å². The number of nitrogens with two attached hydrogens (primary N) is 1. The molecule has 0 aromatic carbocycles. The summed E-state index contributed by atoms with van der Waals surface area (Å²) in [5, 5.41) is 4.91. The van der Waals surface area contributed by atoms with Crippen LogP contribution in [0.25, 0.3) is 0 Å². The van der Waals surface area contributed by atoms with Crippen LogP contribution in [0, 0.1) is 0 Å². The van der Waals surface area contributed by atoms with Crippen molar-refractivity contribution in [1.29, 1.82) is 0 Å². The van der Waals surface area contributed by atoms with Gasteiger partial charge in [-0.2, -0.15) is 0 Å². The average Bonchev–Trinajstić information content (AvgIpc) is 1.41. The van der Waals surface area contributed by atoms with Crippen LogP contribution in [-0.4, -0.2) is 12.6 Å². The lowest BCUT2D eigenvalue weighted by Crippen LogP contribution is -1.72. The zero-order chi connectivity index (χ0) is 4.12. The van der Waals surface area contributed by atoms with Gasteiger partial charge in [-0.1, -0.05) is 0 Å². The minimum Gasteiger partial charge on any atom is -0.288 e. The molecule has 0 rings (SSSR count).